The molecule has 1 amide bonds. The van der Waals surface area contributed by atoms with Crippen LogP contribution in [0, 0.1) is 17.6 Å². The SMILES string of the molecule is CN1CCCC(CC(=O)Nc2ccc(F)cc2F)C1. The lowest BCUT2D eigenvalue weighted by molar-refractivity contribution is -0.117. The molecule has 1 aromatic carbocycles. The fourth-order valence-electron chi connectivity index (χ4n) is 2.49. The minimum absolute atomic E-state index is 0.0376. The van der Waals surface area contributed by atoms with Crippen molar-refractivity contribution >= 4 is 11.6 Å². The van der Waals surface area contributed by atoms with Gasteiger partial charge in [-0.2, -0.15) is 0 Å². The van der Waals surface area contributed by atoms with Gasteiger partial charge in [0.25, 0.3) is 0 Å². The first-order valence-electron chi connectivity index (χ1n) is 6.48. The standard InChI is InChI=1S/C14H18F2N2O/c1-18-6-2-3-10(9-18)7-14(19)17-13-5-4-11(15)8-12(13)16/h4-5,8,10H,2-3,6-7,9H2,1H3,(H,17,19). The molecular weight excluding hydrogens is 250 g/mol. The summed E-state index contributed by atoms with van der Waals surface area (Å²) < 4.78 is 26.1. The van der Waals surface area contributed by atoms with E-state index in [0.29, 0.717) is 12.3 Å². The summed E-state index contributed by atoms with van der Waals surface area (Å²) in [6.45, 7) is 1.95. The maximum absolute atomic E-state index is 13.4. The number of benzene rings is 1. The van der Waals surface area contributed by atoms with E-state index in [9.17, 15) is 13.6 Å². The lowest BCUT2D eigenvalue weighted by Gasteiger charge is -2.29. The lowest BCUT2D eigenvalue weighted by atomic mass is 9.95. The highest BCUT2D eigenvalue weighted by atomic mass is 19.1. The van der Waals surface area contributed by atoms with Crippen molar-refractivity contribution in [3.63, 3.8) is 0 Å². The molecule has 104 valence electrons. The molecule has 0 aliphatic carbocycles. The Hall–Kier alpha value is -1.49. The largest absolute Gasteiger partial charge is 0.324 e. The van der Waals surface area contributed by atoms with Crippen LogP contribution in [-0.4, -0.2) is 30.9 Å². The summed E-state index contributed by atoms with van der Waals surface area (Å²) in [6.07, 6.45) is 2.48. The molecule has 3 nitrogen and oxygen atoms in total. The number of carbonyl (C=O) groups excluding carboxylic acids is 1. The number of likely N-dealkylation sites (tertiary alicyclic amines) is 1. The first-order valence-corrected chi connectivity index (χ1v) is 6.48. The van der Waals surface area contributed by atoms with Crippen molar-refractivity contribution in [2.45, 2.75) is 19.3 Å². The highest BCUT2D eigenvalue weighted by Crippen LogP contribution is 2.20. The van der Waals surface area contributed by atoms with E-state index >= 15 is 0 Å². The summed E-state index contributed by atoms with van der Waals surface area (Å²) >= 11 is 0. The number of amides is 1. The normalized spacial score (nSPS) is 20.3. The van der Waals surface area contributed by atoms with Gasteiger partial charge in [0.1, 0.15) is 11.6 Å². The van der Waals surface area contributed by atoms with Crippen LogP contribution in [0.1, 0.15) is 19.3 Å². The maximum atomic E-state index is 13.4. The van der Waals surface area contributed by atoms with Gasteiger partial charge >= 0.3 is 0 Å². The number of nitrogens with one attached hydrogen (secondary N) is 1. The number of hydrogen-bond donors (Lipinski definition) is 1. The van der Waals surface area contributed by atoms with Crippen molar-refractivity contribution in [1.29, 1.82) is 0 Å². The Kier molecular flexibility index (Phi) is 4.47. The van der Waals surface area contributed by atoms with Crippen LogP contribution >= 0.6 is 0 Å². The van der Waals surface area contributed by atoms with Crippen LogP contribution < -0.4 is 5.32 Å². The van der Waals surface area contributed by atoms with Gasteiger partial charge in [-0.3, -0.25) is 4.79 Å². The van der Waals surface area contributed by atoms with E-state index in [2.05, 4.69) is 10.2 Å². The van der Waals surface area contributed by atoms with Gasteiger partial charge in [-0.05, 0) is 44.5 Å². The van der Waals surface area contributed by atoms with Gasteiger partial charge in [0.05, 0.1) is 5.69 Å². The predicted octanol–water partition coefficient (Wildman–Crippen LogP) is 2.64. The smallest absolute Gasteiger partial charge is 0.224 e. The van der Waals surface area contributed by atoms with Gasteiger partial charge in [-0.1, -0.05) is 0 Å². The Labute approximate surface area is 111 Å². The van der Waals surface area contributed by atoms with Crippen LogP contribution in [0.2, 0.25) is 0 Å². The fraction of sp³-hybridized carbons (Fsp3) is 0.500. The first-order chi connectivity index (χ1) is 9.04. The number of hydrogen-bond acceptors (Lipinski definition) is 2. The van der Waals surface area contributed by atoms with Crippen molar-refractivity contribution in [3.8, 4) is 0 Å². The van der Waals surface area contributed by atoms with Gasteiger partial charge in [0.15, 0.2) is 0 Å². The summed E-state index contributed by atoms with van der Waals surface area (Å²) in [5, 5.41) is 2.50. The number of piperidine rings is 1. The second-order valence-electron chi connectivity index (χ2n) is 5.15. The van der Waals surface area contributed by atoms with E-state index in [-0.39, 0.29) is 11.6 Å². The molecule has 1 aliphatic heterocycles. The Morgan fingerprint density at radius 2 is 2.26 bits per heavy atom. The lowest BCUT2D eigenvalue weighted by Crippen LogP contribution is -2.34. The van der Waals surface area contributed by atoms with Crippen LogP contribution in [0.4, 0.5) is 14.5 Å². The maximum Gasteiger partial charge on any atom is 0.224 e. The van der Waals surface area contributed by atoms with Crippen molar-refractivity contribution in [2.24, 2.45) is 5.92 Å². The first kappa shape index (κ1) is 13.9. The highest BCUT2D eigenvalue weighted by molar-refractivity contribution is 5.90. The summed E-state index contributed by atoms with van der Waals surface area (Å²) in [6, 6.07) is 3.15. The number of nitrogens with zero attached hydrogens (tertiary/aromatic N) is 1. The molecule has 1 fully saturated rings. The molecule has 2 rings (SSSR count). The third-order valence-electron chi connectivity index (χ3n) is 3.40. The van der Waals surface area contributed by atoms with E-state index in [4.69, 9.17) is 0 Å². The van der Waals surface area contributed by atoms with Crippen molar-refractivity contribution < 1.29 is 13.6 Å². The fourth-order valence-corrected chi connectivity index (χ4v) is 2.49. The summed E-state index contributed by atoms with van der Waals surface area (Å²) in [5.41, 5.74) is 0.0376. The second kappa shape index (κ2) is 6.10. The Bertz CT molecular complexity index is 465. The molecule has 1 aromatic rings. The third kappa shape index (κ3) is 3.99. The average Bonchev–Trinajstić information content (AvgIpc) is 2.33. The van der Waals surface area contributed by atoms with Crippen LogP contribution in [0.3, 0.4) is 0 Å². The van der Waals surface area contributed by atoms with Crippen molar-refractivity contribution in [2.75, 3.05) is 25.5 Å². The molecule has 1 heterocycles. The summed E-state index contributed by atoms with van der Waals surface area (Å²) in [7, 11) is 2.03. The van der Waals surface area contributed by atoms with Gasteiger partial charge < -0.3 is 10.2 Å². The molecule has 1 aliphatic rings. The van der Waals surface area contributed by atoms with Crippen molar-refractivity contribution in [3.05, 3.63) is 29.8 Å². The zero-order valence-corrected chi connectivity index (χ0v) is 11.0. The number of carbonyl (C=O) groups is 1. The van der Waals surface area contributed by atoms with Crippen LogP contribution in [-0.2, 0) is 4.79 Å². The van der Waals surface area contributed by atoms with Crippen molar-refractivity contribution in [1.82, 2.24) is 4.90 Å². The number of halogens is 2. The molecule has 1 saturated heterocycles. The van der Waals surface area contributed by atoms with E-state index < -0.39 is 11.6 Å². The number of anilines is 1. The molecule has 1 N–H and O–H groups in total. The molecule has 5 heteroatoms. The molecule has 1 unspecified atom stereocenters. The molecule has 19 heavy (non-hydrogen) atoms. The molecule has 0 radical (unpaired) electrons. The second-order valence-corrected chi connectivity index (χ2v) is 5.15. The Balaban J connectivity index is 1.90. The van der Waals surface area contributed by atoms with Gasteiger partial charge in [-0.15, -0.1) is 0 Å². The highest BCUT2D eigenvalue weighted by Gasteiger charge is 2.20. The topological polar surface area (TPSA) is 32.3 Å². The van der Waals surface area contributed by atoms with E-state index in [1.807, 2.05) is 7.05 Å². The van der Waals surface area contributed by atoms with Gasteiger partial charge in [0.2, 0.25) is 5.91 Å². The summed E-state index contributed by atoms with van der Waals surface area (Å²) in [5.74, 6) is -1.30. The molecule has 0 bridgehead atoms. The number of rotatable bonds is 3. The minimum atomic E-state index is -0.742. The quantitative estimate of drug-likeness (QED) is 0.914. The van der Waals surface area contributed by atoms with Crippen LogP contribution in [0.25, 0.3) is 0 Å². The zero-order chi connectivity index (χ0) is 13.8. The van der Waals surface area contributed by atoms with E-state index in [1.54, 1.807) is 0 Å². The molecule has 0 saturated carbocycles. The molecular formula is C14H18F2N2O. The average molecular weight is 268 g/mol. The summed E-state index contributed by atoms with van der Waals surface area (Å²) in [4.78, 5) is 14.0. The van der Waals surface area contributed by atoms with Crippen LogP contribution in [0.5, 0.6) is 0 Å². The minimum Gasteiger partial charge on any atom is -0.324 e. The Morgan fingerprint density at radius 1 is 1.47 bits per heavy atom. The third-order valence-corrected chi connectivity index (χ3v) is 3.40. The van der Waals surface area contributed by atoms with Gasteiger partial charge in [-0.25, -0.2) is 8.78 Å². The Morgan fingerprint density at radius 3 is 2.95 bits per heavy atom. The van der Waals surface area contributed by atoms with E-state index in [1.165, 1.54) is 6.07 Å². The molecule has 0 spiro atoms. The monoisotopic (exact) mass is 268 g/mol. The van der Waals surface area contributed by atoms with Gasteiger partial charge in [0, 0.05) is 19.0 Å². The zero-order valence-electron chi connectivity index (χ0n) is 11.0. The van der Waals surface area contributed by atoms with E-state index in [0.717, 1.165) is 38.1 Å². The van der Waals surface area contributed by atoms with Crippen LogP contribution in [0.15, 0.2) is 18.2 Å². The molecule has 0 aromatic heterocycles. The molecule has 1 atom stereocenters. The predicted molar refractivity (Wildman–Crippen MR) is 69.8 cm³/mol.